The summed E-state index contributed by atoms with van der Waals surface area (Å²) in [4.78, 5) is 0. The Labute approximate surface area is 95.7 Å². The smallest absolute Gasteiger partial charge is 0.0677 e. The van der Waals surface area contributed by atoms with E-state index >= 15 is 0 Å². The van der Waals surface area contributed by atoms with E-state index in [9.17, 15) is 0 Å². The molecule has 0 saturated heterocycles. The van der Waals surface area contributed by atoms with Crippen LogP contribution in [-0.4, -0.2) is 20.0 Å². The van der Waals surface area contributed by atoms with E-state index in [-0.39, 0.29) is 11.0 Å². The number of hydrogen-bond donors (Lipinski definition) is 1. The molecule has 0 radical (unpaired) electrons. The lowest BCUT2D eigenvalue weighted by Crippen LogP contribution is -2.45. The maximum atomic E-state index is 4.35. The number of aromatic nitrogens is 4. The van der Waals surface area contributed by atoms with Crippen molar-refractivity contribution in [1.29, 1.82) is 0 Å². The molecule has 0 aromatic carbocycles. The summed E-state index contributed by atoms with van der Waals surface area (Å²) < 4.78 is 1.99. The second-order valence-corrected chi connectivity index (χ2v) is 5.10. The first kappa shape index (κ1) is 10.9. The normalized spacial score (nSPS) is 13.0. The quantitative estimate of drug-likeness (QED) is 0.859. The summed E-state index contributed by atoms with van der Waals surface area (Å²) in [5.41, 5.74) is 0.923. The lowest BCUT2D eigenvalue weighted by Gasteiger charge is -2.41. The molecule has 0 aliphatic heterocycles. The predicted octanol–water partition coefficient (Wildman–Crippen LogP) is 2.32. The summed E-state index contributed by atoms with van der Waals surface area (Å²) in [5.74, 6) is 0. The Morgan fingerprint density at radius 3 is 2.44 bits per heavy atom. The van der Waals surface area contributed by atoms with Gasteiger partial charge in [0.05, 0.1) is 5.54 Å². The van der Waals surface area contributed by atoms with Crippen LogP contribution in [0.3, 0.4) is 0 Å². The fraction of sp³-hybridized carbons (Fsp3) is 0.500. The second-order valence-electron chi connectivity index (χ2n) is 5.10. The highest BCUT2D eigenvalue weighted by atomic mass is 15.3. The van der Waals surface area contributed by atoms with Crippen molar-refractivity contribution < 1.29 is 0 Å². The van der Waals surface area contributed by atoms with Crippen LogP contribution in [0.15, 0.2) is 30.7 Å². The van der Waals surface area contributed by atoms with Gasteiger partial charge in [0, 0.05) is 29.7 Å². The second kappa shape index (κ2) is 3.47. The van der Waals surface area contributed by atoms with E-state index in [1.54, 1.807) is 6.20 Å². The Bertz CT molecular complexity index is 393. The average Bonchev–Trinajstić information content (AvgIpc) is 2.91. The van der Waals surface area contributed by atoms with Crippen molar-refractivity contribution in [1.82, 2.24) is 20.0 Å². The van der Waals surface area contributed by atoms with Crippen molar-refractivity contribution >= 4 is 0 Å². The summed E-state index contributed by atoms with van der Waals surface area (Å²) in [6, 6.07) is 3.97. The molecule has 1 N–H and O–H groups in total. The molecule has 2 aromatic heterocycles. The molecule has 0 fully saturated rings. The molecule has 0 atom stereocenters. The molecule has 4 heteroatoms. The van der Waals surface area contributed by atoms with E-state index in [1.807, 2.05) is 29.2 Å². The summed E-state index contributed by atoms with van der Waals surface area (Å²) >= 11 is 0. The molecule has 2 aromatic rings. The van der Waals surface area contributed by atoms with Crippen molar-refractivity contribution in [3.8, 4) is 0 Å². The van der Waals surface area contributed by atoms with Crippen LogP contribution in [0.5, 0.6) is 0 Å². The maximum Gasteiger partial charge on any atom is 0.0677 e. The first-order chi connectivity index (χ1) is 7.46. The van der Waals surface area contributed by atoms with Gasteiger partial charge in [-0.2, -0.15) is 10.2 Å². The molecule has 0 saturated carbocycles. The molecule has 16 heavy (non-hydrogen) atoms. The summed E-state index contributed by atoms with van der Waals surface area (Å²) in [6.07, 6.45) is 5.60. The van der Waals surface area contributed by atoms with E-state index in [0.29, 0.717) is 0 Å². The number of nitrogens with zero attached hydrogens (tertiary/aromatic N) is 3. The molecular formula is C12H18N4. The summed E-state index contributed by atoms with van der Waals surface area (Å²) in [7, 11) is 0. The Morgan fingerprint density at radius 2 is 1.94 bits per heavy atom. The van der Waals surface area contributed by atoms with Gasteiger partial charge in [-0.15, -0.1) is 0 Å². The fourth-order valence-electron chi connectivity index (χ4n) is 1.82. The Balaban J connectivity index is 2.44. The van der Waals surface area contributed by atoms with Gasteiger partial charge in [-0.25, -0.2) is 0 Å². The fourth-order valence-corrected chi connectivity index (χ4v) is 1.82. The molecule has 4 nitrogen and oxygen atoms in total. The minimum atomic E-state index is -0.122. The van der Waals surface area contributed by atoms with E-state index in [0.717, 1.165) is 5.69 Å². The summed E-state index contributed by atoms with van der Waals surface area (Å²) in [6.45, 7) is 8.76. The lowest BCUT2D eigenvalue weighted by atomic mass is 9.72. The minimum absolute atomic E-state index is 0.0739. The van der Waals surface area contributed by atoms with E-state index in [2.05, 4.69) is 43.0 Å². The van der Waals surface area contributed by atoms with Gasteiger partial charge in [0.15, 0.2) is 0 Å². The first-order valence-electron chi connectivity index (χ1n) is 5.46. The van der Waals surface area contributed by atoms with Crippen molar-refractivity contribution in [2.45, 2.75) is 38.6 Å². The van der Waals surface area contributed by atoms with E-state index in [1.165, 1.54) is 0 Å². The molecule has 0 amide bonds. The predicted molar refractivity (Wildman–Crippen MR) is 63.2 cm³/mol. The number of hydrogen-bond acceptors (Lipinski definition) is 2. The number of nitrogens with one attached hydrogen (secondary N) is 1. The van der Waals surface area contributed by atoms with Gasteiger partial charge in [-0.1, -0.05) is 13.8 Å². The highest BCUT2D eigenvalue weighted by Crippen LogP contribution is 2.38. The van der Waals surface area contributed by atoms with Crippen LogP contribution in [-0.2, 0) is 11.0 Å². The van der Waals surface area contributed by atoms with Crippen molar-refractivity contribution in [3.63, 3.8) is 0 Å². The van der Waals surface area contributed by atoms with Crippen LogP contribution in [0.1, 0.15) is 33.4 Å². The summed E-state index contributed by atoms with van der Waals surface area (Å²) in [5, 5.41) is 11.4. The molecule has 2 heterocycles. The highest BCUT2D eigenvalue weighted by molar-refractivity contribution is 5.18. The van der Waals surface area contributed by atoms with Crippen LogP contribution in [0, 0.1) is 0 Å². The van der Waals surface area contributed by atoms with Crippen LogP contribution < -0.4 is 0 Å². The molecule has 0 spiro atoms. The van der Waals surface area contributed by atoms with Gasteiger partial charge in [0.2, 0.25) is 0 Å². The minimum Gasteiger partial charge on any atom is -0.282 e. The molecule has 0 aliphatic rings. The topological polar surface area (TPSA) is 46.5 Å². The largest absolute Gasteiger partial charge is 0.282 e. The maximum absolute atomic E-state index is 4.35. The van der Waals surface area contributed by atoms with Crippen LogP contribution in [0.25, 0.3) is 0 Å². The van der Waals surface area contributed by atoms with Gasteiger partial charge < -0.3 is 0 Å². The van der Waals surface area contributed by atoms with E-state index in [4.69, 9.17) is 0 Å². The van der Waals surface area contributed by atoms with Gasteiger partial charge in [0.25, 0.3) is 0 Å². The average molecular weight is 218 g/mol. The van der Waals surface area contributed by atoms with Crippen molar-refractivity contribution in [2.24, 2.45) is 0 Å². The number of rotatable bonds is 3. The Kier molecular flexibility index (Phi) is 2.37. The van der Waals surface area contributed by atoms with Gasteiger partial charge in [0.1, 0.15) is 0 Å². The Morgan fingerprint density at radius 1 is 1.19 bits per heavy atom. The third-order valence-corrected chi connectivity index (χ3v) is 3.78. The Hall–Kier alpha value is -1.58. The molecule has 0 aliphatic carbocycles. The zero-order valence-corrected chi connectivity index (χ0v) is 10.2. The first-order valence-corrected chi connectivity index (χ1v) is 5.46. The zero-order valence-electron chi connectivity index (χ0n) is 10.2. The van der Waals surface area contributed by atoms with Crippen LogP contribution >= 0.6 is 0 Å². The third kappa shape index (κ3) is 1.45. The number of aromatic amines is 1. The third-order valence-electron chi connectivity index (χ3n) is 3.78. The monoisotopic (exact) mass is 218 g/mol. The molecule has 0 bridgehead atoms. The lowest BCUT2D eigenvalue weighted by molar-refractivity contribution is 0.176. The van der Waals surface area contributed by atoms with Crippen LogP contribution in [0.2, 0.25) is 0 Å². The van der Waals surface area contributed by atoms with Gasteiger partial charge >= 0.3 is 0 Å². The standard InChI is InChI=1S/C12H18N4/c1-11(2,10-6-8-13-15-10)12(3,4)16-9-5-7-14-16/h5-9H,1-4H3,(H,13,15). The highest BCUT2D eigenvalue weighted by Gasteiger charge is 2.41. The molecule has 0 unspecified atom stereocenters. The molecular weight excluding hydrogens is 200 g/mol. The molecule has 86 valence electrons. The van der Waals surface area contributed by atoms with Crippen molar-refractivity contribution in [3.05, 3.63) is 36.4 Å². The zero-order chi connectivity index (χ0) is 11.8. The van der Waals surface area contributed by atoms with Crippen LogP contribution in [0.4, 0.5) is 0 Å². The SMILES string of the molecule is CC(C)(c1ccn[nH]1)C(C)(C)n1cccn1. The van der Waals surface area contributed by atoms with Gasteiger partial charge in [-0.3, -0.25) is 9.78 Å². The number of H-pyrrole nitrogens is 1. The molecule has 2 rings (SSSR count). The van der Waals surface area contributed by atoms with E-state index < -0.39 is 0 Å². The van der Waals surface area contributed by atoms with Crippen molar-refractivity contribution in [2.75, 3.05) is 0 Å². The van der Waals surface area contributed by atoms with Gasteiger partial charge in [-0.05, 0) is 26.0 Å².